The Labute approximate surface area is 249 Å². The van der Waals surface area contributed by atoms with Gasteiger partial charge in [-0.3, -0.25) is 10.2 Å². The van der Waals surface area contributed by atoms with E-state index in [9.17, 15) is 22.4 Å². The number of thioether (sulfide) groups is 1. The van der Waals surface area contributed by atoms with E-state index >= 15 is 0 Å². The quantitative estimate of drug-likeness (QED) is 0.0570. The van der Waals surface area contributed by atoms with Crippen LogP contribution in [0.2, 0.25) is 5.02 Å². The van der Waals surface area contributed by atoms with E-state index in [1.807, 2.05) is 46.6 Å². The summed E-state index contributed by atoms with van der Waals surface area (Å²) < 4.78 is 53.3. The van der Waals surface area contributed by atoms with Gasteiger partial charge in [-0.15, -0.1) is 0 Å². The number of halogens is 5. The fourth-order valence-corrected chi connectivity index (χ4v) is 2.61. The number of hydrogen-bond donors (Lipinski definition) is 3. The minimum absolute atomic E-state index is 0.00943. The highest BCUT2D eigenvalue weighted by Gasteiger charge is 2.29. The van der Waals surface area contributed by atoms with Gasteiger partial charge in [-0.1, -0.05) is 50.3 Å². The molecule has 2 aromatic carbocycles. The van der Waals surface area contributed by atoms with Gasteiger partial charge in [-0.2, -0.15) is 13.2 Å². The lowest BCUT2D eigenvalue weighted by atomic mass is 10.2. The van der Waals surface area contributed by atoms with Gasteiger partial charge in [0.2, 0.25) is 5.90 Å². The number of hydrogen-bond acceptors (Lipinski definition) is 6. The fourth-order valence-electron chi connectivity index (χ4n) is 1.95. The van der Waals surface area contributed by atoms with Crippen molar-refractivity contribution in [2.45, 2.75) is 45.0 Å². The molecule has 2 aromatic rings. The summed E-state index contributed by atoms with van der Waals surface area (Å²) in [5, 5.41) is 16.2. The molecule has 0 aliphatic rings. The molecule has 0 heterocycles. The zero-order valence-electron chi connectivity index (χ0n) is 23.8. The van der Waals surface area contributed by atoms with Crippen molar-refractivity contribution in [3.63, 3.8) is 0 Å². The zero-order valence-corrected chi connectivity index (χ0v) is 25.4. The third-order valence-corrected chi connectivity index (χ3v) is 4.58. The molecule has 1 amide bonds. The highest BCUT2D eigenvalue weighted by Crippen LogP contribution is 2.36. The first-order valence-corrected chi connectivity index (χ1v) is 12.9. The predicted molar refractivity (Wildman–Crippen MR) is 164 cm³/mol. The van der Waals surface area contributed by atoms with Crippen LogP contribution < -0.4 is 5.32 Å². The highest BCUT2D eigenvalue weighted by molar-refractivity contribution is 8.00. The third-order valence-electron chi connectivity index (χ3n) is 3.59. The standard InChI is InChI=1S/C16H12ClF3N2O2S.C5H7F.C4H8.C2H6.CH3N.CH2O/c17-12-5-1-10(2-6-12)14(21)24-9-22-15(23)11-3-7-13(8-4-11)25-16(18,19)20;1-3-4-5(2)6;1-3-4-2;3*1-2/h1-8,21H,9H2,(H,22,23);3-4H,2H2,1H3;3-4H,1-2H3;1-2H3;2H,1H2;1H2/b;2*4-3-;;;. The number of rotatable bonds is 6. The van der Waals surface area contributed by atoms with Crippen LogP contribution in [-0.2, 0) is 9.53 Å². The van der Waals surface area contributed by atoms with E-state index in [-0.39, 0.29) is 34.8 Å². The van der Waals surface area contributed by atoms with E-state index < -0.39 is 17.2 Å². The number of alkyl halides is 3. The molecular formula is C29H38ClF4N3O3S. The molecule has 0 spiro atoms. The first kappa shape index (κ1) is 44.3. The Bertz CT molecular complexity index is 1030. The monoisotopic (exact) mass is 619 g/mol. The van der Waals surface area contributed by atoms with Crippen molar-refractivity contribution in [1.82, 2.24) is 5.32 Å². The lowest BCUT2D eigenvalue weighted by Gasteiger charge is -2.10. The minimum Gasteiger partial charge on any atom is -0.456 e. The van der Waals surface area contributed by atoms with Gasteiger partial charge in [0.1, 0.15) is 12.6 Å². The average Bonchev–Trinajstić information content (AvgIpc) is 2.96. The maximum atomic E-state index is 12.2. The van der Waals surface area contributed by atoms with Crippen LogP contribution in [0.4, 0.5) is 17.6 Å². The third kappa shape index (κ3) is 27.7. The Morgan fingerprint density at radius 3 is 1.73 bits per heavy atom. The number of carbonyl (C=O) groups is 2. The molecule has 3 N–H and O–H groups in total. The number of allylic oxidation sites excluding steroid dienone is 5. The van der Waals surface area contributed by atoms with Gasteiger partial charge in [0.05, 0.1) is 0 Å². The summed E-state index contributed by atoms with van der Waals surface area (Å²) in [6.07, 6.45) is 6.91. The lowest BCUT2D eigenvalue weighted by molar-refractivity contribution is -0.0980. The largest absolute Gasteiger partial charge is 0.456 e. The van der Waals surface area contributed by atoms with Crippen molar-refractivity contribution in [1.29, 1.82) is 10.8 Å². The summed E-state index contributed by atoms with van der Waals surface area (Å²) in [6, 6.07) is 11.4. The second-order valence-electron chi connectivity index (χ2n) is 6.32. The van der Waals surface area contributed by atoms with Crippen LogP contribution in [-0.4, -0.2) is 37.6 Å². The number of amides is 1. The highest BCUT2D eigenvalue weighted by atomic mass is 35.5. The fraction of sp³-hybridized carbons (Fsp3) is 0.241. The van der Waals surface area contributed by atoms with Crippen LogP contribution >= 0.6 is 23.4 Å². The number of benzene rings is 2. The van der Waals surface area contributed by atoms with Crippen molar-refractivity contribution in [3.8, 4) is 0 Å². The van der Waals surface area contributed by atoms with Gasteiger partial charge >= 0.3 is 5.51 Å². The molecule has 0 aliphatic carbocycles. The number of nitrogens with one attached hydrogen (secondary N) is 3. The van der Waals surface area contributed by atoms with Gasteiger partial charge in [-0.05, 0) is 93.9 Å². The molecule has 0 fully saturated rings. The van der Waals surface area contributed by atoms with Gasteiger partial charge < -0.3 is 20.3 Å². The van der Waals surface area contributed by atoms with Gasteiger partial charge in [0.15, 0.2) is 6.73 Å². The van der Waals surface area contributed by atoms with Crippen molar-refractivity contribution >= 4 is 48.7 Å². The maximum Gasteiger partial charge on any atom is 0.446 e. The van der Waals surface area contributed by atoms with Crippen LogP contribution in [0.15, 0.2) is 90.1 Å². The Hall–Kier alpha value is -3.70. The predicted octanol–water partition coefficient (Wildman–Crippen LogP) is 9.42. The molecular weight excluding hydrogens is 582 g/mol. The van der Waals surface area contributed by atoms with Crippen molar-refractivity contribution < 1.29 is 31.9 Å². The van der Waals surface area contributed by atoms with Crippen LogP contribution in [0.1, 0.15) is 50.5 Å². The van der Waals surface area contributed by atoms with E-state index in [0.29, 0.717) is 10.6 Å². The normalized spacial score (nSPS) is 9.41. The van der Waals surface area contributed by atoms with Crippen LogP contribution in [0.3, 0.4) is 0 Å². The zero-order chi connectivity index (χ0) is 32.9. The molecule has 0 radical (unpaired) electrons. The molecule has 0 saturated carbocycles. The van der Waals surface area contributed by atoms with E-state index in [2.05, 4.69) is 18.6 Å². The molecule has 0 aromatic heterocycles. The number of carbonyl (C=O) groups excluding carboxylic acids is 2. The Morgan fingerprint density at radius 1 is 0.951 bits per heavy atom. The molecule has 0 aliphatic heterocycles. The topological polar surface area (TPSA) is 103 Å². The van der Waals surface area contributed by atoms with Gasteiger partial charge in [-0.25, -0.2) is 4.39 Å². The van der Waals surface area contributed by atoms with Crippen LogP contribution in [0.5, 0.6) is 0 Å². The SMILES string of the molecule is C/C=C\C.C=C(F)/C=C\C.C=N.C=O.CC.N=C(OCNC(=O)c1ccc(SC(F)(F)F)cc1)c1ccc(Cl)cc1. The molecule has 0 atom stereocenters. The van der Waals surface area contributed by atoms with E-state index in [4.69, 9.17) is 32.0 Å². The minimum atomic E-state index is -4.38. The molecule has 12 heteroatoms. The second kappa shape index (κ2) is 29.3. The molecule has 0 bridgehead atoms. The first-order chi connectivity index (χ1) is 19.4. The molecule has 2 rings (SSSR count). The summed E-state index contributed by atoms with van der Waals surface area (Å²) in [6.45, 7) is 17.0. The Balaban J connectivity index is -0.000000356. The average molecular weight is 620 g/mol. The van der Waals surface area contributed by atoms with Crippen molar-refractivity contribution in [2.75, 3.05) is 6.73 Å². The summed E-state index contributed by atoms with van der Waals surface area (Å²) in [5.41, 5.74) is -3.69. The Kier molecular flexibility index (Phi) is 31.7. The van der Waals surface area contributed by atoms with Crippen LogP contribution in [0, 0.1) is 10.8 Å². The molecule has 228 valence electrons. The van der Waals surface area contributed by atoms with E-state index in [1.165, 1.54) is 30.3 Å². The molecule has 0 unspecified atom stereocenters. The summed E-state index contributed by atoms with van der Waals surface area (Å²) in [7, 11) is 0. The molecule has 0 saturated heterocycles. The summed E-state index contributed by atoms with van der Waals surface area (Å²) in [5.74, 6) is -1.06. The first-order valence-electron chi connectivity index (χ1n) is 11.7. The van der Waals surface area contributed by atoms with E-state index in [1.54, 1.807) is 37.3 Å². The lowest BCUT2D eigenvalue weighted by Crippen LogP contribution is -2.27. The van der Waals surface area contributed by atoms with E-state index in [0.717, 1.165) is 0 Å². The van der Waals surface area contributed by atoms with Crippen molar-refractivity contribution in [2.24, 2.45) is 0 Å². The molecule has 41 heavy (non-hydrogen) atoms. The second-order valence-corrected chi connectivity index (χ2v) is 7.89. The smallest absolute Gasteiger partial charge is 0.446 e. The van der Waals surface area contributed by atoms with Crippen LogP contribution in [0.25, 0.3) is 0 Å². The molecule has 6 nitrogen and oxygen atoms in total. The summed E-state index contributed by atoms with van der Waals surface area (Å²) in [4.78, 5) is 19.9. The maximum absolute atomic E-state index is 12.2. The van der Waals surface area contributed by atoms with Crippen molar-refractivity contribution in [3.05, 3.63) is 101 Å². The summed E-state index contributed by atoms with van der Waals surface area (Å²) >= 11 is 5.49. The van der Waals surface area contributed by atoms with Gasteiger partial charge in [0, 0.05) is 21.0 Å². The number of ether oxygens (including phenoxy) is 1. The Morgan fingerprint density at radius 2 is 1.39 bits per heavy atom. The van der Waals surface area contributed by atoms with Gasteiger partial charge in [0.25, 0.3) is 5.91 Å².